The molecule has 0 aliphatic carbocycles. The van der Waals surface area contributed by atoms with Crippen molar-refractivity contribution in [1.82, 2.24) is 4.98 Å². The standard InChI is InChI=1S/C14H9FN2O2/c15-5-11-4-13(8-17-7-11)19-14-2-1-10(9-18)3-12(14)6-16/h1-4,7-9H,5H2. The van der Waals surface area contributed by atoms with Crippen molar-refractivity contribution in [3.63, 3.8) is 0 Å². The fourth-order valence-corrected chi connectivity index (χ4v) is 1.52. The molecule has 0 unspecified atom stereocenters. The first-order valence-corrected chi connectivity index (χ1v) is 5.44. The van der Waals surface area contributed by atoms with Crippen LogP contribution in [0.3, 0.4) is 0 Å². The zero-order valence-corrected chi connectivity index (χ0v) is 9.84. The molecule has 0 amide bonds. The molecule has 94 valence electrons. The van der Waals surface area contributed by atoms with Gasteiger partial charge in [0.15, 0.2) is 0 Å². The predicted molar refractivity (Wildman–Crippen MR) is 65.7 cm³/mol. The molecule has 1 heterocycles. The second kappa shape index (κ2) is 5.74. The molecule has 0 saturated heterocycles. The van der Waals surface area contributed by atoms with Crippen molar-refractivity contribution >= 4 is 6.29 Å². The molecule has 0 bridgehead atoms. The van der Waals surface area contributed by atoms with E-state index in [2.05, 4.69) is 4.98 Å². The minimum Gasteiger partial charge on any atom is -0.454 e. The number of aldehydes is 1. The lowest BCUT2D eigenvalue weighted by molar-refractivity contribution is 0.112. The van der Waals surface area contributed by atoms with E-state index in [1.807, 2.05) is 6.07 Å². The number of halogens is 1. The number of hydrogen-bond acceptors (Lipinski definition) is 4. The number of carbonyl (C=O) groups excluding carboxylic acids is 1. The van der Waals surface area contributed by atoms with Gasteiger partial charge in [-0.15, -0.1) is 0 Å². The molecule has 1 aromatic carbocycles. The molecule has 0 aliphatic heterocycles. The smallest absolute Gasteiger partial charge is 0.150 e. The molecule has 2 rings (SSSR count). The molecule has 0 aliphatic rings. The normalized spacial score (nSPS) is 9.68. The third-order valence-corrected chi connectivity index (χ3v) is 2.41. The van der Waals surface area contributed by atoms with Gasteiger partial charge in [0.25, 0.3) is 0 Å². The van der Waals surface area contributed by atoms with Crippen LogP contribution < -0.4 is 4.74 Å². The van der Waals surface area contributed by atoms with Crippen LogP contribution in [0.2, 0.25) is 0 Å². The fourth-order valence-electron chi connectivity index (χ4n) is 1.52. The lowest BCUT2D eigenvalue weighted by Crippen LogP contribution is -1.92. The second-order valence-electron chi connectivity index (χ2n) is 3.75. The van der Waals surface area contributed by atoms with Crippen LogP contribution in [0.4, 0.5) is 4.39 Å². The summed E-state index contributed by atoms with van der Waals surface area (Å²) in [6.07, 6.45) is 3.47. The van der Waals surface area contributed by atoms with Crippen LogP contribution >= 0.6 is 0 Å². The van der Waals surface area contributed by atoms with Gasteiger partial charge in [0.05, 0.1) is 11.8 Å². The molecule has 0 spiro atoms. The summed E-state index contributed by atoms with van der Waals surface area (Å²) in [5.74, 6) is 0.636. The lowest BCUT2D eigenvalue weighted by atomic mass is 10.1. The fraction of sp³-hybridized carbons (Fsp3) is 0.0714. The van der Waals surface area contributed by atoms with Gasteiger partial charge in [-0.2, -0.15) is 5.26 Å². The molecule has 0 radical (unpaired) electrons. The zero-order chi connectivity index (χ0) is 13.7. The lowest BCUT2D eigenvalue weighted by Gasteiger charge is -2.08. The summed E-state index contributed by atoms with van der Waals surface area (Å²) in [6, 6.07) is 7.92. The van der Waals surface area contributed by atoms with E-state index in [-0.39, 0.29) is 5.56 Å². The van der Waals surface area contributed by atoms with E-state index in [0.29, 0.717) is 28.9 Å². The maximum atomic E-state index is 12.5. The minimum atomic E-state index is -0.639. The van der Waals surface area contributed by atoms with Crippen molar-refractivity contribution in [3.8, 4) is 17.6 Å². The van der Waals surface area contributed by atoms with Gasteiger partial charge in [0.2, 0.25) is 0 Å². The number of benzene rings is 1. The average Bonchev–Trinajstić information content (AvgIpc) is 2.48. The Bertz CT molecular complexity index is 650. The number of pyridine rings is 1. The number of nitriles is 1. The Balaban J connectivity index is 2.32. The summed E-state index contributed by atoms with van der Waals surface area (Å²) < 4.78 is 18.0. The Hall–Kier alpha value is -2.74. The van der Waals surface area contributed by atoms with Crippen LogP contribution in [0, 0.1) is 11.3 Å². The maximum Gasteiger partial charge on any atom is 0.150 e. The number of aromatic nitrogens is 1. The maximum absolute atomic E-state index is 12.5. The van der Waals surface area contributed by atoms with E-state index in [9.17, 15) is 9.18 Å². The topological polar surface area (TPSA) is 63.0 Å². The molecule has 0 fully saturated rings. The first kappa shape index (κ1) is 12.7. The van der Waals surface area contributed by atoms with Crippen molar-refractivity contribution in [1.29, 1.82) is 5.26 Å². The minimum absolute atomic E-state index is 0.232. The highest BCUT2D eigenvalue weighted by Crippen LogP contribution is 2.25. The second-order valence-corrected chi connectivity index (χ2v) is 3.75. The van der Waals surface area contributed by atoms with E-state index in [1.54, 1.807) is 0 Å². The molecular weight excluding hydrogens is 247 g/mol. The van der Waals surface area contributed by atoms with E-state index in [1.165, 1.54) is 36.7 Å². The van der Waals surface area contributed by atoms with E-state index in [4.69, 9.17) is 10.00 Å². The Kier molecular flexibility index (Phi) is 3.84. The van der Waals surface area contributed by atoms with Crippen LogP contribution in [-0.4, -0.2) is 11.3 Å². The highest BCUT2D eigenvalue weighted by atomic mass is 19.1. The number of ether oxygens (including phenoxy) is 1. The number of rotatable bonds is 4. The monoisotopic (exact) mass is 256 g/mol. The number of nitrogens with zero attached hydrogens (tertiary/aromatic N) is 2. The molecule has 1 aromatic heterocycles. The molecule has 2 aromatic rings. The van der Waals surface area contributed by atoms with Crippen LogP contribution in [-0.2, 0) is 6.67 Å². The van der Waals surface area contributed by atoms with E-state index in [0.717, 1.165) is 0 Å². The van der Waals surface area contributed by atoms with Gasteiger partial charge in [-0.1, -0.05) is 0 Å². The van der Waals surface area contributed by atoms with Gasteiger partial charge in [-0.05, 0) is 24.3 Å². The van der Waals surface area contributed by atoms with Gasteiger partial charge in [-0.3, -0.25) is 9.78 Å². The SMILES string of the molecule is N#Cc1cc(C=O)ccc1Oc1cncc(CF)c1. The molecular formula is C14H9FN2O2. The van der Waals surface area contributed by atoms with Gasteiger partial charge in [0.1, 0.15) is 30.5 Å². The molecule has 19 heavy (non-hydrogen) atoms. The molecule has 0 N–H and O–H groups in total. The van der Waals surface area contributed by atoms with Crippen LogP contribution in [0.25, 0.3) is 0 Å². The number of alkyl halides is 1. The Morgan fingerprint density at radius 3 is 2.89 bits per heavy atom. The molecule has 0 atom stereocenters. The van der Waals surface area contributed by atoms with Crippen molar-refractivity contribution in [2.75, 3.05) is 0 Å². The summed E-state index contributed by atoms with van der Waals surface area (Å²) >= 11 is 0. The van der Waals surface area contributed by atoms with Gasteiger partial charge in [0, 0.05) is 17.3 Å². The van der Waals surface area contributed by atoms with Crippen molar-refractivity contribution in [2.45, 2.75) is 6.67 Å². The summed E-state index contributed by atoms with van der Waals surface area (Å²) in [5, 5.41) is 9.00. The van der Waals surface area contributed by atoms with Gasteiger partial charge >= 0.3 is 0 Å². The van der Waals surface area contributed by atoms with E-state index >= 15 is 0 Å². The number of hydrogen-bond donors (Lipinski definition) is 0. The summed E-state index contributed by atoms with van der Waals surface area (Å²) in [5.41, 5.74) is 1.01. The quantitative estimate of drug-likeness (QED) is 0.789. The van der Waals surface area contributed by atoms with Crippen LogP contribution in [0.1, 0.15) is 21.5 Å². The van der Waals surface area contributed by atoms with Crippen molar-refractivity contribution < 1.29 is 13.9 Å². The van der Waals surface area contributed by atoms with Crippen molar-refractivity contribution in [3.05, 3.63) is 53.3 Å². The predicted octanol–water partition coefficient (Wildman–Crippen LogP) is 3.03. The highest BCUT2D eigenvalue weighted by Gasteiger charge is 2.07. The molecule has 0 saturated carbocycles. The summed E-state index contributed by atoms with van der Waals surface area (Å²) in [6.45, 7) is -0.639. The van der Waals surface area contributed by atoms with Gasteiger partial charge in [-0.25, -0.2) is 4.39 Å². The Morgan fingerprint density at radius 1 is 1.37 bits per heavy atom. The van der Waals surface area contributed by atoms with Crippen LogP contribution in [0.15, 0.2) is 36.7 Å². The first-order valence-electron chi connectivity index (χ1n) is 5.44. The van der Waals surface area contributed by atoms with E-state index < -0.39 is 6.67 Å². The average molecular weight is 256 g/mol. The Labute approximate surface area is 109 Å². The zero-order valence-electron chi connectivity index (χ0n) is 9.84. The highest BCUT2D eigenvalue weighted by molar-refractivity contribution is 5.76. The van der Waals surface area contributed by atoms with Crippen LogP contribution in [0.5, 0.6) is 11.5 Å². The van der Waals surface area contributed by atoms with Crippen molar-refractivity contribution in [2.24, 2.45) is 0 Å². The summed E-state index contributed by atoms with van der Waals surface area (Å²) in [4.78, 5) is 14.5. The summed E-state index contributed by atoms with van der Waals surface area (Å²) in [7, 11) is 0. The molecule has 4 nitrogen and oxygen atoms in total. The third kappa shape index (κ3) is 2.93. The Morgan fingerprint density at radius 2 is 2.21 bits per heavy atom. The third-order valence-electron chi connectivity index (χ3n) is 2.41. The molecule has 5 heteroatoms. The largest absolute Gasteiger partial charge is 0.454 e. The first-order chi connectivity index (χ1) is 9.26. The number of carbonyl (C=O) groups is 1. The van der Waals surface area contributed by atoms with Gasteiger partial charge < -0.3 is 4.74 Å².